The maximum atomic E-state index is 12.0. The van der Waals surface area contributed by atoms with Crippen LogP contribution in [0.4, 0.5) is 5.82 Å². The van der Waals surface area contributed by atoms with Gasteiger partial charge in [-0.1, -0.05) is 23.7 Å². The molecule has 1 aromatic carbocycles. The van der Waals surface area contributed by atoms with Gasteiger partial charge in [0, 0.05) is 29.4 Å². The topological polar surface area (TPSA) is 67.8 Å². The first-order valence-corrected chi connectivity index (χ1v) is 7.85. The molecule has 2 aromatic heterocycles. The fraction of sp³-hybridized carbons (Fsp3) is 0.111. The Morgan fingerprint density at radius 1 is 1.00 bits per heavy atom. The highest BCUT2D eigenvalue weighted by molar-refractivity contribution is 6.30. The summed E-state index contributed by atoms with van der Waals surface area (Å²) >= 11 is 5.84. The van der Waals surface area contributed by atoms with Gasteiger partial charge in [-0.25, -0.2) is 4.98 Å². The lowest BCUT2D eigenvalue weighted by Crippen LogP contribution is -2.13. The number of amides is 1. The summed E-state index contributed by atoms with van der Waals surface area (Å²) in [5, 5.41) is 3.44. The fourth-order valence-corrected chi connectivity index (χ4v) is 2.30. The predicted octanol–water partition coefficient (Wildman–Crippen LogP) is 3.76. The third kappa shape index (κ3) is 4.36. The van der Waals surface area contributed by atoms with Crippen LogP contribution in [0.5, 0.6) is 0 Å². The predicted molar refractivity (Wildman–Crippen MR) is 93.7 cm³/mol. The molecule has 3 rings (SSSR count). The van der Waals surface area contributed by atoms with E-state index in [0.29, 0.717) is 23.7 Å². The molecule has 0 saturated carbocycles. The van der Waals surface area contributed by atoms with Crippen molar-refractivity contribution in [1.29, 1.82) is 0 Å². The molecule has 2 heterocycles. The molecule has 120 valence electrons. The van der Waals surface area contributed by atoms with E-state index < -0.39 is 0 Å². The summed E-state index contributed by atoms with van der Waals surface area (Å²) in [6, 6.07) is 11.2. The number of aryl methyl sites for hydroxylation is 1. The first-order valence-electron chi connectivity index (χ1n) is 7.47. The van der Waals surface area contributed by atoms with Crippen LogP contribution in [0, 0.1) is 0 Å². The molecule has 3 aromatic rings. The molecule has 5 nitrogen and oxygen atoms in total. The molecule has 1 amide bonds. The monoisotopic (exact) mass is 338 g/mol. The molecule has 0 atom stereocenters. The molecule has 0 saturated heterocycles. The highest BCUT2D eigenvalue weighted by Crippen LogP contribution is 2.15. The Hall–Kier alpha value is -2.79. The van der Waals surface area contributed by atoms with E-state index >= 15 is 0 Å². The summed E-state index contributed by atoms with van der Waals surface area (Å²) in [7, 11) is 0. The lowest BCUT2D eigenvalue weighted by molar-refractivity contribution is -0.116. The fourth-order valence-electron chi connectivity index (χ4n) is 2.18. The molecule has 6 heteroatoms. The average Bonchev–Trinajstić information content (AvgIpc) is 2.63. The third-order valence-electron chi connectivity index (χ3n) is 3.45. The zero-order valence-corrected chi connectivity index (χ0v) is 13.6. The molecule has 0 fully saturated rings. The highest BCUT2D eigenvalue weighted by atomic mass is 35.5. The van der Waals surface area contributed by atoms with E-state index in [1.54, 1.807) is 24.8 Å². The Morgan fingerprint density at radius 3 is 2.42 bits per heavy atom. The van der Waals surface area contributed by atoms with E-state index in [4.69, 9.17) is 11.6 Å². The number of anilines is 1. The number of carbonyl (C=O) groups is 1. The zero-order valence-electron chi connectivity index (χ0n) is 12.8. The van der Waals surface area contributed by atoms with E-state index in [-0.39, 0.29) is 5.91 Å². The van der Waals surface area contributed by atoms with Crippen molar-refractivity contribution in [3.8, 4) is 11.3 Å². The second-order valence-corrected chi connectivity index (χ2v) is 5.63. The van der Waals surface area contributed by atoms with Crippen molar-refractivity contribution in [2.75, 3.05) is 5.32 Å². The SMILES string of the molecule is O=C(CCc1ccc(Cl)cc1)Nc1cnc(-c2ccncc2)cn1. The summed E-state index contributed by atoms with van der Waals surface area (Å²) in [5.41, 5.74) is 2.73. The molecule has 0 aliphatic rings. The molecule has 0 spiro atoms. The number of rotatable bonds is 5. The molecule has 0 aliphatic heterocycles. The number of nitrogens with one attached hydrogen (secondary N) is 1. The summed E-state index contributed by atoms with van der Waals surface area (Å²) in [5.74, 6) is 0.338. The van der Waals surface area contributed by atoms with E-state index in [9.17, 15) is 4.79 Å². The summed E-state index contributed by atoms with van der Waals surface area (Å²) < 4.78 is 0. The average molecular weight is 339 g/mol. The maximum Gasteiger partial charge on any atom is 0.225 e. The van der Waals surface area contributed by atoms with Gasteiger partial charge in [-0.3, -0.25) is 14.8 Å². The van der Waals surface area contributed by atoms with Crippen LogP contribution >= 0.6 is 11.6 Å². The molecule has 0 bridgehead atoms. The van der Waals surface area contributed by atoms with Crippen molar-refractivity contribution >= 4 is 23.3 Å². The second kappa shape index (κ2) is 7.66. The number of nitrogens with zero attached hydrogens (tertiary/aromatic N) is 3. The van der Waals surface area contributed by atoms with Crippen molar-refractivity contribution in [1.82, 2.24) is 15.0 Å². The van der Waals surface area contributed by atoms with Crippen LogP contribution in [0.2, 0.25) is 5.02 Å². The van der Waals surface area contributed by atoms with Gasteiger partial charge in [0.05, 0.1) is 18.1 Å². The van der Waals surface area contributed by atoms with Crippen LogP contribution in [0.3, 0.4) is 0 Å². The summed E-state index contributed by atoms with van der Waals surface area (Å²) in [4.78, 5) is 24.5. The van der Waals surface area contributed by atoms with Crippen LogP contribution in [0.1, 0.15) is 12.0 Å². The first kappa shape index (κ1) is 16.1. The standard InChI is InChI=1S/C18H15ClN4O/c19-15-4-1-13(2-5-15)3-6-18(24)23-17-12-21-16(11-22-17)14-7-9-20-10-8-14/h1-2,4-5,7-12H,3,6H2,(H,22,23,24). The minimum Gasteiger partial charge on any atom is -0.309 e. The molecule has 24 heavy (non-hydrogen) atoms. The Bertz CT molecular complexity index is 805. The van der Waals surface area contributed by atoms with Crippen LogP contribution in [0.15, 0.2) is 61.2 Å². The van der Waals surface area contributed by atoms with E-state index in [2.05, 4.69) is 20.3 Å². The number of pyridine rings is 1. The van der Waals surface area contributed by atoms with Crippen molar-refractivity contribution in [3.05, 3.63) is 71.8 Å². The van der Waals surface area contributed by atoms with Gasteiger partial charge in [-0.15, -0.1) is 0 Å². The minimum atomic E-state index is -0.101. The van der Waals surface area contributed by atoms with Gasteiger partial charge >= 0.3 is 0 Å². The molecule has 0 aliphatic carbocycles. The highest BCUT2D eigenvalue weighted by Gasteiger charge is 2.06. The van der Waals surface area contributed by atoms with E-state index in [0.717, 1.165) is 16.8 Å². The zero-order chi connectivity index (χ0) is 16.8. The first-order chi connectivity index (χ1) is 11.7. The quantitative estimate of drug-likeness (QED) is 0.769. The smallest absolute Gasteiger partial charge is 0.225 e. The normalized spacial score (nSPS) is 10.4. The summed E-state index contributed by atoms with van der Waals surface area (Å²) in [6.45, 7) is 0. The minimum absolute atomic E-state index is 0.101. The van der Waals surface area contributed by atoms with Crippen molar-refractivity contribution in [2.45, 2.75) is 12.8 Å². The Balaban J connectivity index is 1.55. The Labute approximate surface area is 144 Å². The molecular weight excluding hydrogens is 324 g/mol. The van der Waals surface area contributed by atoms with Gasteiger partial charge in [0.25, 0.3) is 0 Å². The van der Waals surface area contributed by atoms with Crippen molar-refractivity contribution in [3.63, 3.8) is 0 Å². The lowest BCUT2D eigenvalue weighted by Gasteiger charge is -2.05. The lowest BCUT2D eigenvalue weighted by atomic mass is 10.1. The largest absolute Gasteiger partial charge is 0.309 e. The molecule has 0 radical (unpaired) electrons. The van der Waals surface area contributed by atoms with Gasteiger partial charge in [-0.2, -0.15) is 0 Å². The van der Waals surface area contributed by atoms with Crippen LogP contribution in [-0.2, 0) is 11.2 Å². The van der Waals surface area contributed by atoms with E-state index in [1.807, 2.05) is 36.4 Å². The van der Waals surface area contributed by atoms with Crippen LogP contribution < -0.4 is 5.32 Å². The number of benzene rings is 1. The maximum absolute atomic E-state index is 12.0. The van der Waals surface area contributed by atoms with Crippen molar-refractivity contribution in [2.24, 2.45) is 0 Å². The number of halogens is 1. The van der Waals surface area contributed by atoms with Gasteiger partial charge in [0.2, 0.25) is 5.91 Å². The molecule has 1 N–H and O–H groups in total. The van der Waals surface area contributed by atoms with Gasteiger partial charge in [0.1, 0.15) is 0 Å². The Morgan fingerprint density at radius 2 is 1.75 bits per heavy atom. The second-order valence-electron chi connectivity index (χ2n) is 5.20. The molecule has 0 unspecified atom stereocenters. The van der Waals surface area contributed by atoms with Crippen LogP contribution in [-0.4, -0.2) is 20.9 Å². The Kier molecular flexibility index (Phi) is 5.13. The molecular formula is C18H15ClN4O. The summed E-state index contributed by atoms with van der Waals surface area (Å²) in [6.07, 6.45) is 7.59. The van der Waals surface area contributed by atoms with Crippen LogP contribution in [0.25, 0.3) is 11.3 Å². The van der Waals surface area contributed by atoms with E-state index in [1.165, 1.54) is 0 Å². The number of hydrogen-bond donors (Lipinski definition) is 1. The van der Waals surface area contributed by atoms with Gasteiger partial charge in [0.15, 0.2) is 5.82 Å². The van der Waals surface area contributed by atoms with Gasteiger partial charge in [-0.05, 0) is 36.2 Å². The third-order valence-corrected chi connectivity index (χ3v) is 3.70. The number of carbonyl (C=O) groups excluding carboxylic acids is 1. The van der Waals surface area contributed by atoms with Gasteiger partial charge < -0.3 is 5.32 Å². The number of aromatic nitrogens is 3. The van der Waals surface area contributed by atoms with Crippen molar-refractivity contribution < 1.29 is 4.79 Å². The number of hydrogen-bond acceptors (Lipinski definition) is 4.